The van der Waals surface area contributed by atoms with Gasteiger partial charge in [-0.1, -0.05) is 0 Å². The van der Waals surface area contributed by atoms with E-state index in [9.17, 15) is 13.2 Å². The highest BCUT2D eigenvalue weighted by Gasteiger charge is 2.34. The third-order valence-electron chi connectivity index (χ3n) is 0.815. The van der Waals surface area contributed by atoms with Gasteiger partial charge in [0, 0.05) is 0 Å². The van der Waals surface area contributed by atoms with Crippen LogP contribution in [0.2, 0.25) is 0 Å². The van der Waals surface area contributed by atoms with E-state index in [0.717, 1.165) is 18.7 Å². The number of hydrogen-bond acceptors (Lipinski definition) is 1. The number of rotatable bonds is 1. The van der Waals surface area contributed by atoms with Crippen molar-refractivity contribution in [2.24, 2.45) is 0 Å². The molecule has 0 aromatic carbocycles. The molecule has 0 amide bonds. The molecule has 0 spiro atoms. The summed E-state index contributed by atoms with van der Waals surface area (Å²) in [5.41, 5.74) is 0. The Morgan fingerprint density at radius 1 is 1.38 bits per heavy atom. The van der Waals surface area contributed by atoms with Gasteiger partial charge in [-0.05, 0) is 13.2 Å². The highest BCUT2D eigenvalue weighted by atomic mass is 32.2. The average Bonchev–Trinajstić information content (AvgIpc) is 1.62. The average molecular weight is 144 g/mol. The minimum absolute atomic E-state index is 0.807. The molecule has 0 nitrogen and oxygen atoms in total. The lowest BCUT2D eigenvalue weighted by Gasteiger charge is -2.11. The summed E-state index contributed by atoms with van der Waals surface area (Å²) in [4.78, 5) is 0. The Morgan fingerprint density at radius 2 is 1.75 bits per heavy atom. The predicted octanol–water partition coefficient (Wildman–Crippen LogP) is 2.30. The van der Waals surface area contributed by atoms with Crippen LogP contribution in [0.4, 0.5) is 13.2 Å². The number of hydrogen-bond donors (Lipinski definition) is 0. The van der Waals surface area contributed by atoms with Crippen molar-refractivity contribution in [3.63, 3.8) is 0 Å². The van der Waals surface area contributed by atoms with Crippen LogP contribution in [0.15, 0.2) is 0 Å². The van der Waals surface area contributed by atoms with Gasteiger partial charge in [0.25, 0.3) is 0 Å². The Morgan fingerprint density at radius 3 is 1.75 bits per heavy atom. The van der Waals surface area contributed by atoms with Crippen molar-refractivity contribution >= 4 is 11.8 Å². The van der Waals surface area contributed by atoms with Crippen LogP contribution in [-0.4, -0.2) is 17.7 Å². The van der Waals surface area contributed by atoms with Gasteiger partial charge in [0.1, 0.15) is 0 Å². The molecule has 0 aliphatic heterocycles. The maximum atomic E-state index is 11.4. The molecule has 50 valence electrons. The molecule has 0 aliphatic rings. The van der Waals surface area contributed by atoms with Gasteiger partial charge in [-0.2, -0.15) is 24.9 Å². The van der Waals surface area contributed by atoms with Crippen molar-refractivity contribution in [3.8, 4) is 0 Å². The van der Waals surface area contributed by atoms with Gasteiger partial charge in [-0.25, -0.2) is 0 Å². The minimum atomic E-state index is -4.03. The molecule has 0 radical (unpaired) electrons. The first-order chi connectivity index (χ1) is 3.48. The van der Waals surface area contributed by atoms with E-state index in [1.807, 2.05) is 0 Å². The van der Waals surface area contributed by atoms with E-state index >= 15 is 0 Å². The van der Waals surface area contributed by atoms with E-state index < -0.39 is 11.4 Å². The van der Waals surface area contributed by atoms with Crippen molar-refractivity contribution in [1.29, 1.82) is 0 Å². The molecule has 0 rings (SSSR count). The molecular weight excluding hydrogens is 137 g/mol. The van der Waals surface area contributed by atoms with Gasteiger partial charge < -0.3 is 0 Å². The van der Waals surface area contributed by atoms with Crippen molar-refractivity contribution in [1.82, 2.24) is 0 Å². The van der Waals surface area contributed by atoms with Gasteiger partial charge in [0.15, 0.2) is 0 Å². The summed E-state index contributed by atoms with van der Waals surface area (Å²) in [6.07, 6.45) is -2.59. The zero-order chi connectivity index (χ0) is 6.78. The Bertz CT molecular complexity index is 68.2. The van der Waals surface area contributed by atoms with E-state index in [-0.39, 0.29) is 0 Å². The van der Waals surface area contributed by atoms with Crippen molar-refractivity contribution in [3.05, 3.63) is 0 Å². The summed E-state index contributed by atoms with van der Waals surface area (Å²) in [5, 5.41) is -1.23. The smallest absolute Gasteiger partial charge is 0.170 e. The molecule has 4 heteroatoms. The molecule has 0 heterocycles. The third-order valence-corrected chi connectivity index (χ3v) is 1.79. The molecule has 0 aliphatic carbocycles. The van der Waals surface area contributed by atoms with Crippen LogP contribution in [0.25, 0.3) is 0 Å². The zero-order valence-electron chi connectivity index (χ0n) is 4.62. The van der Waals surface area contributed by atoms with Gasteiger partial charge in [0.05, 0.1) is 5.25 Å². The molecular formula is C4H7F3S. The van der Waals surface area contributed by atoms with Crippen LogP contribution < -0.4 is 0 Å². The summed E-state index contributed by atoms with van der Waals surface area (Å²) in [6, 6.07) is 0. The van der Waals surface area contributed by atoms with E-state index in [2.05, 4.69) is 0 Å². The van der Waals surface area contributed by atoms with Gasteiger partial charge in [-0.15, -0.1) is 0 Å². The van der Waals surface area contributed by atoms with Crippen molar-refractivity contribution < 1.29 is 13.2 Å². The Hall–Kier alpha value is 0.140. The number of alkyl halides is 3. The van der Waals surface area contributed by atoms with E-state index in [4.69, 9.17) is 0 Å². The largest absolute Gasteiger partial charge is 0.400 e. The second kappa shape index (κ2) is 2.62. The van der Waals surface area contributed by atoms with Crippen LogP contribution >= 0.6 is 11.8 Å². The van der Waals surface area contributed by atoms with E-state index in [0.29, 0.717) is 0 Å². The molecule has 8 heavy (non-hydrogen) atoms. The zero-order valence-corrected chi connectivity index (χ0v) is 5.44. The maximum absolute atomic E-state index is 11.4. The molecule has 0 bridgehead atoms. The van der Waals surface area contributed by atoms with Crippen molar-refractivity contribution in [2.45, 2.75) is 18.3 Å². The fraction of sp³-hybridized carbons (Fsp3) is 1.00. The normalized spacial score (nSPS) is 16.1. The van der Waals surface area contributed by atoms with E-state index in [1.165, 1.54) is 6.26 Å². The first-order valence-electron chi connectivity index (χ1n) is 2.08. The summed E-state index contributed by atoms with van der Waals surface area (Å²) in [6.45, 7) is 1.14. The van der Waals surface area contributed by atoms with Crippen LogP contribution in [0.5, 0.6) is 0 Å². The monoisotopic (exact) mass is 144 g/mol. The lowest BCUT2D eigenvalue weighted by atomic mass is 10.5. The highest BCUT2D eigenvalue weighted by molar-refractivity contribution is 7.99. The second-order valence-corrected chi connectivity index (χ2v) is 2.60. The lowest BCUT2D eigenvalue weighted by Crippen LogP contribution is -2.21. The fourth-order valence-corrected chi connectivity index (χ4v) is 0.401. The Kier molecular flexibility index (Phi) is 2.66. The first kappa shape index (κ1) is 8.14. The van der Waals surface area contributed by atoms with Crippen LogP contribution in [0.1, 0.15) is 6.92 Å². The van der Waals surface area contributed by atoms with Gasteiger partial charge in [0.2, 0.25) is 0 Å². The van der Waals surface area contributed by atoms with Crippen LogP contribution in [0.3, 0.4) is 0 Å². The number of thioether (sulfide) groups is 1. The van der Waals surface area contributed by atoms with Crippen molar-refractivity contribution in [2.75, 3.05) is 6.26 Å². The molecule has 1 atom stereocenters. The number of halogens is 3. The molecule has 0 aromatic heterocycles. The summed E-state index contributed by atoms with van der Waals surface area (Å²) < 4.78 is 34.3. The molecule has 0 saturated carbocycles. The van der Waals surface area contributed by atoms with Crippen LogP contribution in [-0.2, 0) is 0 Å². The first-order valence-corrected chi connectivity index (χ1v) is 3.36. The standard InChI is InChI=1S/C4H7F3S/c1-3(8-2)4(5,6)7/h3H,1-2H3. The second-order valence-electron chi connectivity index (χ2n) is 1.42. The third kappa shape index (κ3) is 2.45. The van der Waals surface area contributed by atoms with Crippen LogP contribution in [0, 0.1) is 0 Å². The minimum Gasteiger partial charge on any atom is -0.170 e. The molecule has 0 N–H and O–H groups in total. The maximum Gasteiger partial charge on any atom is 0.400 e. The van der Waals surface area contributed by atoms with E-state index in [1.54, 1.807) is 0 Å². The highest BCUT2D eigenvalue weighted by Crippen LogP contribution is 2.27. The summed E-state index contributed by atoms with van der Waals surface area (Å²) >= 11 is 0.807. The molecule has 0 fully saturated rings. The summed E-state index contributed by atoms with van der Waals surface area (Å²) in [7, 11) is 0. The topological polar surface area (TPSA) is 0 Å². The Balaban J connectivity index is 3.62. The summed E-state index contributed by atoms with van der Waals surface area (Å²) in [5.74, 6) is 0. The van der Waals surface area contributed by atoms with Gasteiger partial charge >= 0.3 is 6.18 Å². The Labute approximate surface area is 50.5 Å². The molecule has 0 aromatic rings. The molecule has 0 saturated heterocycles. The molecule has 1 unspecified atom stereocenters. The van der Waals surface area contributed by atoms with Gasteiger partial charge in [-0.3, -0.25) is 0 Å². The fourth-order valence-electron chi connectivity index (χ4n) is 0.134. The lowest BCUT2D eigenvalue weighted by molar-refractivity contribution is -0.125. The quantitative estimate of drug-likeness (QED) is 0.544. The SMILES string of the molecule is CSC(C)C(F)(F)F. The predicted molar refractivity (Wildman–Crippen MR) is 29.0 cm³/mol.